The Balaban J connectivity index is 1.48. The second-order valence-corrected chi connectivity index (χ2v) is 14.7. The summed E-state index contributed by atoms with van der Waals surface area (Å²) in [5.41, 5.74) is 2.94. The van der Waals surface area contributed by atoms with E-state index >= 15 is 0 Å². The summed E-state index contributed by atoms with van der Waals surface area (Å²) < 4.78 is 75.5. The average Bonchev–Trinajstić information content (AvgIpc) is 3.67. The van der Waals surface area contributed by atoms with Crippen molar-refractivity contribution < 1.29 is 51.1 Å². The Hall–Kier alpha value is -4.78. The summed E-state index contributed by atoms with van der Waals surface area (Å²) in [6.07, 6.45) is -0.962. The van der Waals surface area contributed by atoms with Gasteiger partial charge in [-0.05, 0) is 72.7 Å². The molecule has 0 bridgehead atoms. The maximum absolute atomic E-state index is 14.4. The van der Waals surface area contributed by atoms with Crippen molar-refractivity contribution in [3.05, 3.63) is 107 Å². The van der Waals surface area contributed by atoms with Gasteiger partial charge in [0, 0.05) is 7.11 Å². The van der Waals surface area contributed by atoms with Gasteiger partial charge in [0.2, 0.25) is 5.75 Å². The van der Waals surface area contributed by atoms with Crippen LogP contribution in [-0.4, -0.2) is 61.3 Å². The first kappa shape index (κ1) is 39.4. The van der Waals surface area contributed by atoms with E-state index in [1.165, 1.54) is 7.11 Å². The molecule has 11 nitrogen and oxygen atoms in total. The number of hydrogen-bond acceptors (Lipinski definition) is 11. The SMILES string of the molecule is CCCOc1c(OCc2ccccc2)cc([C@@H]2CC[C@@H](c3cc(OC)c(OC)c(OC)c3)O2)cc1S(=O)(=O)C[C@H](C)OC(=O)[C@H](OC)c1ccccc1. The van der Waals surface area contributed by atoms with Crippen molar-refractivity contribution in [3.8, 4) is 28.7 Å². The highest BCUT2D eigenvalue weighted by Crippen LogP contribution is 2.48. The van der Waals surface area contributed by atoms with Gasteiger partial charge in [-0.25, -0.2) is 13.2 Å². The van der Waals surface area contributed by atoms with Gasteiger partial charge >= 0.3 is 5.97 Å². The number of rotatable bonds is 18. The molecule has 0 unspecified atom stereocenters. The molecule has 5 rings (SSSR count). The normalized spacial score (nSPS) is 16.7. The smallest absolute Gasteiger partial charge is 0.340 e. The fourth-order valence-electron chi connectivity index (χ4n) is 6.31. The fraction of sp³-hybridized carbons (Fsp3) is 0.390. The third-order valence-corrected chi connectivity index (χ3v) is 10.7. The van der Waals surface area contributed by atoms with Crippen molar-refractivity contribution >= 4 is 15.8 Å². The Morgan fingerprint density at radius 2 is 1.36 bits per heavy atom. The van der Waals surface area contributed by atoms with Gasteiger partial charge < -0.3 is 37.9 Å². The van der Waals surface area contributed by atoms with E-state index < -0.39 is 39.9 Å². The van der Waals surface area contributed by atoms with Crippen molar-refractivity contribution in [2.45, 2.75) is 69.0 Å². The predicted molar refractivity (Wildman–Crippen MR) is 199 cm³/mol. The number of methoxy groups -OCH3 is 4. The zero-order valence-electron chi connectivity index (χ0n) is 31.0. The molecule has 0 aromatic heterocycles. The van der Waals surface area contributed by atoms with Crippen molar-refractivity contribution in [2.75, 3.05) is 40.8 Å². The first-order chi connectivity index (χ1) is 25.6. The van der Waals surface area contributed by atoms with Crippen LogP contribution >= 0.6 is 0 Å². The lowest BCUT2D eigenvalue weighted by molar-refractivity contribution is -0.159. The summed E-state index contributed by atoms with van der Waals surface area (Å²) in [6.45, 7) is 3.91. The summed E-state index contributed by atoms with van der Waals surface area (Å²) in [6, 6.07) is 25.6. The fourth-order valence-corrected chi connectivity index (χ4v) is 7.93. The van der Waals surface area contributed by atoms with Gasteiger partial charge in [-0.1, -0.05) is 67.6 Å². The molecular weight excluding hydrogens is 701 g/mol. The van der Waals surface area contributed by atoms with Crippen molar-refractivity contribution in [1.29, 1.82) is 0 Å². The molecule has 1 aliphatic rings. The highest BCUT2D eigenvalue weighted by molar-refractivity contribution is 7.91. The molecule has 12 heteroatoms. The van der Waals surface area contributed by atoms with Crippen LogP contribution in [0.25, 0.3) is 0 Å². The molecule has 284 valence electrons. The molecule has 0 aliphatic carbocycles. The van der Waals surface area contributed by atoms with Crippen LogP contribution in [0.3, 0.4) is 0 Å². The number of carbonyl (C=O) groups excluding carboxylic acids is 1. The van der Waals surface area contributed by atoms with Crippen LogP contribution < -0.4 is 23.7 Å². The molecule has 0 amide bonds. The van der Waals surface area contributed by atoms with Gasteiger partial charge in [0.05, 0.1) is 45.9 Å². The number of carbonyl (C=O) groups is 1. The molecule has 1 aliphatic heterocycles. The van der Waals surface area contributed by atoms with E-state index in [4.69, 9.17) is 37.9 Å². The summed E-state index contributed by atoms with van der Waals surface area (Å²) in [7, 11) is 1.92. The number of esters is 1. The van der Waals surface area contributed by atoms with E-state index in [1.807, 2.05) is 55.5 Å². The average molecular weight is 749 g/mol. The molecule has 4 aromatic carbocycles. The number of sulfone groups is 1. The van der Waals surface area contributed by atoms with E-state index in [0.29, 0.717) is 47.6 Å². The molecule has 4 aromatic rings. The van der Waals surface area contributed by atoms with Crippen molar-refractivity contribution in [1.82, 2.24) is 0 Å². The zero-order valence-corrected chi connectivity index (χ0v) is 31.9. The summed E-state index contributed by atoms with van der Waals surface area (Å²) >= 11 is 0. The Kier molecular flexibility index (Phi) is 13.6. The minimum absolute atomic E-state index is 0.0689. The molecule has 1 saturated heterocycles. The second-order valence-electron chi connectivity index (χ2n) is 12.7. The second kappa shape index (κ2) is 18.3. The minimum atomic E-state index is -4.14. The van der Waals surface area contributed by atoms with Crippen LogP contribution in [0.1, 0.15) is 73.7 Å². The summed E-state index contributed by atoms with van der Waals surface area (Å²) in [4.78, 5) is 13.1. The first-order valence-electron chi connectivity index (χ1n) is 17.6. The third kappa shape index (κ3) is 9.61. The topological polar surface area (TPSA) is 125 Å². The number of ether oxygens (including phenoxy) is 8. The van der Waals surface area contributed by atoms with E-state index in [9.17, 15) is 13.2 Å². The molecule has 1 heterocycles. The standard InChI is InChI=1S/C41H48O11S/c1-7-20-49-40-36(50-25-28-14-10-8-11-15-28)23-31(33-19-18-32(52-33)30-21-34(45-3)39(48-6)35(22-30)46-4)24-37(40)53(43,44)26-27(2)51-41(42)38(47-5)29-16-12-9-13-17-29/h8-17,21-24,27,32-33,38H,7,18-20,25-26H2,1-6H3/t27-,32-,33-,38+/m0/s1. The lowest BCUT2D eigenvalue weighted by Crippen LogP contribution is -2.28. The van der Waals surface area contributed by atoms with Crippen LogP contribution in [0.15, 0.2) is 89.8 Å². The zero-order chi connectivity index (χ0) is 38.0. The lowest BCUT2D eigenvalue weighted by atomic mass is 10.0. The highest BCUT2D eigenvalue weighted by atomic mass is 32.2. The molecule has 53 heavy (non-hydrogen) atoms. The predicted octanol–water partition coefficient (Wildman–Crippen LogP) is 7.77. The van der Waals surface area contributed by atoms with E-state index in [0.717, 1.165) is 11.1 Å². The molecule has 4 atom stereocenters. The van der Waals surface area contributed by atoms with Crippen molar-refractivity contribution in [3.63, 3.8) is 0 Å². The van der Waals surface area contributed by atoms with Crippen LogP contribution in [0.5, 0.6) is 28.7 Å². The molecule has 0 radical (unpaired) electrons. The molecular formula is C41H48O11S. The monoisotopic (exact) mass is 748 g/mol. The van der Waals surface area contributed by atoms with Gasteiger partial charge in [-0.2, -0.15) is 0 Å². The lowest BCUT2D eigenvalue weighted by Gasteiger charge is -2.22. The van der Waals surface area contributed by atoms with Gasteiger partial charge in [0.1, 0.15) is 17.6 Å². The van der Waals surface area contributed by atoms with Crippen LogP contribution in [-0.2, 0) is 35.4 Å². The van der Waals surface area contributed by atoms with Crippen molar-refractivity contribution in [2.24, 2.45) is 0 Å². The number of benzene rings is 4. The largest absolute Gasteiger partial charge is 0.493 e. The van der Waals surface area contributed by atoms with E-state index in [2.05, 4.69) is 0 Å². The summed E-state index contributed by atoms with van der Waals surface area (Å²) in [5, 5.41) is 0. The Bertz CT molecular complexity index is 1890. The Labute approximate surface area is 311 Å². The molecule has 0 spiro atoms. The summed E-state index contributed by atoms with van der Waals surface area (Å²) in [5.74, 6) is 0.659. The molecule has 0 saturated carbocycles. The Morgan fingerprint density at radius 1 is 0.774 bits per heavy atom. The molecule has 1 fully saturated rings. The van der Waals surface area contributed by atoms with Crippen LogP contribution in [0, 0.1) is 0 Å². The van der Waals surface area contributed by atoms with Crippen LogP contribution in [0.2, 0.25) is 0 Å². The number of hydrogen-bond donors (Lipinski definition) is 0. The maximum Gasteiger partial charge on any atom is 0.340 e. The molecule has 0 N–H and O–H groups in total. The van der Waals surface area contributed by atoms with Gasteiger partial charge in [-0.15, -0.1) is 0 Å². The minimum Gasteiger partial charge on any atom is -0.493 e. The van der Waals surface area contributed by atoms with Gasteiger partial charge in [-0.3, -0.25) is 0 Å². The van der Waals surface area contributed by atoms with E-state index in [-0.39, 0.29) is 35.7 Å². The van der Waals surface area contributed by atoms with Gasteiger partial charge in [0.25, 0.3) is 0 Å². The van der Waals surface area contributed by atoms with Gasteiger partial charge in [0.15, 0.2) is 38.9 Å². The van der Waals surface area contributed by atoms with E-state index in [1.54, 1.807) is 64.7 Å². The quantitative estimate of drug-likeness (QED) is 0.0927. The highest BCUT2D eigenvalue weighted by Gasteiger charge is 2.34. The third-order valence-electron chi connectivity index (χ3n) is 8.84. The van der Waals surface area contributed by atoms with Crippen LogP contribution in [0.4, 0.5) is 0 Å². The maximum atomic E-state index is 14.4. The Morgan fingerprint density at radius 3 is 1.92 bits per heavy atom. The first-order valence-corrected chi connectivity index (χ1v) is 19.2.